The number of para-hydroxylation sites is 1. The van der Waals surface area contributed by atoms with Crippen LogP contribution in [0, 0.1) is 0 Å². The highest BCUT2D eigenvalue weighted by atomic mass is 16.5. The van der Waals surface area contributed by atoms with Crippen LogP contribution in [-0.4, -0.2) is 33.6 Å². The van der Waals surface area contributed by atoms with Crippen molar-refractivity contribution in [3.63, 3.8) is 0 Å². The van der Waals surface area contributed by atoms with E-state index in [4.69, 9.17) is 14.6 Å². The Morgan fingerprint density at radius 1 is 1.11 bits per heavy atom. The smallest absolute Gasteiger partial charge is 0.349 e. The fraction of sp³-hybridized carbons (Fsp3) is 0.143. The molecule has 1 aromatic heterocycles. The Hall–Kier alpha value is -4.92. The van der Waals surface area contributed by atoms with Crippen molar-refractivity contribution < 1.29 is 19.4 Å². The maximum Gasteiger partial charge on any atom is 0.349 e. The minimum Gasteiger partial charge on any atom is -0.490 e. The van der Waals surface area contributed by atoms with Gasteiger partial charge in [-0.05, 0) is 60.9 Å². The summed E-state index contributed by atoms with van der Waals surface area (Å²) >= 11 is 0. The first-order chi connectivity index (χ1) is 17.9. The molecule has 2 N–H and O–H groups in total. The number of benzene rings is 3. The third-order valence-corrected chi connectivity index (χ3v) is 5.51. The lowest BCUT2D eigenvalue weighted by molar-refractivity contribution is 0.0697. The minimum absolute atomic E-state index is 0.194. The van der Waals surface area contributed by atoms with Gasteiger partial charge in [-0.1, -0.05) is 30.3 Å². The summed E-state index contributed by atoms with van der Waals surface area (Å²) < 4.78 is 12.7. The molecule has 9 heteroatoms. The van der Waals surface area contributed by atoms with E-state index in [0.29, 0.717) is 41.0 Å². The number of rotatable bonds is 10. The fourth-order valence-electron chi connectivity index (χ4n) is 3.77. The van der Waals surface area contributed by atoms with Gasteiger partial charge in [0.25, 0.3) is 5.56 Å². The normalized spacial score (nSPS) is 11.1. The lowest BCUT2D eigenvalue weighted by atomic mass is 10.1. The predicted molar refractivity (Wildman–Crippen MR) is 141 cm³/mol. The van der Waals surface area contributed by atoms with Gasteiger partial charge in [0.15, 0.2) is 11.5 Å². The van der Waals surface area contributed by atoms with E-state index in [1.54, 1.807) is 48.5 Å². The monoisotopic (exact) mass is 499 g/mol. The highest BCUT2D eigenvalue weighted by molar-refractivity contribution is 5.87. The summed E-state index contributed by atoms with van der Waals surface area (Å²) in [6.45, 7) is 6.23. The Balaban J connectivity index is 1.67. The minimum atomic E-state index is -0.996. The van der Waals surface area contributed by atoms with Crippen molar-refractivity contribution in [3.8, 4) is 11.5 Å². The topological polar surface area (TPSA) is 123 Å². The first-order valence-corrected chi connectivity index (χ1v) is 11.5. The molecule has 4 rings (SSSR count). The number of fused-ring (bicyclic) bond motifs is 1. The molecule has 0 saturated heterocycles. The van der Waals surface area contributed by atoms with Crippen LogP contribution in [0.3, 0.4) is 0 Å². The van der Waals surface area contributed by atoms with Crippen molar-refractivity contribution in [2.75, 3.05) is 6.61 Å². The molecule has 0 fully saturated rings. The summed E-state index contributed by atoms with van der Waals surface area (Å²) in [5.74, 6) is -0.0169. The third kappa shape index (κ3) is 5.67. The number of carbonyl (C=O) groups is 1. The molecule has 0 saturated carbocycles. The molecule has 4 aromatic rings. The number of aromatic carboxylic acids is 1. The molecule has 0 aliphatic carbocycles. The summed E-state index contributed by atoms with van der Waals surface area (Å²) in [6, 6.07) is 16.7. The fourth-order valence-corrected chi connectivity index (χ4v) is 3.77. The van der Waals surface area contributed by atoms with Crippen LogP contribution >= 0.6 is 0 Å². The number of hydrogen-bond donors (Lipinski definition) is 2. The highest BCUT2D eigenvalue weighted by Crippen LogP contribution is 2.34. The van der Waals surface area contributed by atoms with Crippen molar-refractivity contribution in [1.29, 1.82) is 0 Å². The summed E-state index contributed by atoms with van der Waals surface area (Å²) in [4.78, 5) is 39.0. The Bertz CT molecular complexity index is 1600. The van der Waals surface area contributed by atoms with Crippen LogP contribution in [0.2, 0.25) is 0 Å². The average Bonchev–Trinajstić information content (AvgIpc) is 2.88. The summed E-state index contributed by atoms with van der Waals surface area (Å²) in [7, 11) is 0. The summed E-state index contributed by atoms with van der Waals surface area (Å²) in [5, 5.41) is 13.6. The van der Waals surface area contributed by atoms with E-state index in [0.717, 1.165) is 15.8 Å². The SMILES string of the molecule is C=CCc1cc(C=Nn2c(=O)[nH]c3ccccc3c2=O)cc(OCC)c1OCc1ccc(C(=O)O)cc1. The van der Waals surface area contributed by atoms with Crippen LogP contribution in [-0.2, 0) is 13.0 Å². The number of allylic oxidation sites excluding steroid dienone is 1. The average molecular weight is 500 g/mol. The zero-order valence-electron chi connectivity index (χ0n) is 20.1. The molecule has 3 aromatic carbocycles. The maximum atomic E-state index is 12.8. The van der Waals surface area contributed by atoms with E-state index >= 15 is 0 Å². The van der Waals surface area contributed by atoms with Crippen LogP contribution in [0.5, 0.6) is 11.5 Å². The largest absolute Gasteiger partial charge is 0.490 e. The van der Waals surface area contributed by atoms with Crippen molar-refractivity contribution in [2.24, 2.45) is 5.10 Å². The van der Waals surface area contributed by atoms with E-state index < -0.39 is 17.2 Å². The van der Waals surface area contributed by atoms with Crippen molar-refractivity contribution in [2.45, 2.75) is 20.0 Å². The van der Waals surface area contributed by atoms with Crippen molar-refractivity contribution >= 4 is 23.1 Å². The van der Waals surface area contributed by atoms with E-state index in [2.05, 4.69) is 16.7 Å². The molecule has 0 spiro atoms. The van der Waals surface area contributed by atoms with Crippen LogP contribution in [0.15, 0.2) is 88.0 Å². The van der Waals surface area contributed by atoms with Crippen LogP contribution in [0.4, 0.5) is 0 Å². The molecule has 1 heterocycles. The van der Waals surface area contributed by atoms with Gasteiger partial charge in [0.05, 0.1) is 29.3 Å². The van der Waals surface area contributed by atoms with E-state index in [-0.39, 0.29) is 12.2 Å². The van der Waals surface area contributed by atoms with Gasteiger partial charge in [-0.3, -0.25) is 4.79 Å². The van der Waals surface area contributed by atoms with E-state index in [1.165, 1.54) is 18.3 Å². The quantitative estimate of drug-likeness (QED) is 0.251. The molecule has 37 heavy (non-hydrogen) atoms. The standard InChI is InChI=1S/C28H25N3O6/c1-3-7-21-14-19(16-29-31-26(32)22-8-5-6-9-23(22)30-28(31)35)15-24(36-4-2)25(21)37-17-18-10-12-20(13-11-18)27(33)34/h3,5-6,8-16H,1,4,7,17H2,2H3,(H,30,35)(H,33,34). The van der Waals surface area contributed by atoms with Gasteiger partial charge in [-0.15, -0.1) is 11.3 Å². The van der Waals surface area contributed by atoms with Crippen molar-refractivity contribution in [1.82, 2.24) is 9.66 Å². The number of aromatic amines is 1. The number of carboxylic acids is 1. The summed E-state index contributed by atoms with van der Waals surface area (Å²) in [6.07, 6.45) is 3.60. The molecule has 0 amide bonds. The Morgan fingerprint density at radius 2 is 1.86 bits per heavy atom. The van der Waals surface area contributed by atoms with E-state index in [1.807, 2.05) is 13.0 Å². The van der Waals surface area contributed by atoms with Crippen LogP contribution < -0.4 is 20.7 Å². The van der Waals surface area contributed by atoms with Gasteiger partial charge in [0.2, 0.25) is 0 Å². The zero-order chi connectivity index (χ0) is 26.4. The lowest BCUT2D eigenvalue weighted by Gasteiger charge is -2.17. The van der Waals surface area contributed by atoms with Crippen LogP contribution in [0.25, 0.3) is 10.9 Å². The molecular weight excluding hydrogens is 474 g/mol. The molecule has 0 unspecified atom stereocenters. The molecule has 0 atom stereocenters. The molecule has 0 aliphatic heterocycles. The van der Waals surface area contributed by atoms with Gasteiger partial charge >= 0.3 is 11.7 Å². The van der Waals surface area contributed by atoms with Crippen LogP contribution in [0.1, 0.15) is 34.0 Å². The van der Waals surface area contributed by atoms with Gasteiger partial charge in [-0.2, -0.15) is 5.10 Å². The second kappa shape index (κ2) is 11.2. The number of hydrogen-bond acceptors (Lipinski definition) is 6. The molecular formula is C28H25N3O6. The highest BCUT2D eigenvalue weighted by Gasteiger charge is 2.14. The summed E-state index contributed by atoms with van der Waals surface area (Å²) in [5.41, 5.74) is 1.61. The molecule has 0 aliphatic rings. The molecule has 188 valence electrons. The number of ether oxygens (including phenoxy) is 2. The van der Waals surface area contributed by atoms with Gasteiger partial charge in [0, 0.05) is 5.56 Å². The zero-order valence-corrected chi connectivity index (χ0v) is 20.1. The Labute approximate surface area is 211 Å². The lowest BCUT2D eigenvalue weighted by Crippen LogP contribution is -2.32. The number of nitrogens with one attached hydrogen (secondary N) is 1. The Kier molecular flexibility index (Phi) is 7.63. The number of H-pyrrole nitrogens is 1. The van der Waals surface area contributed by atoms with Crippen molar-refractivity contribution in [3.05, 3.63) is 116 Å². The second-order valence-corrected chi connectivity index (χ2v) is 8.06. The Morgan fingerprint density at radius 3 is 2.57 bits per heavy atom. The molecule has 0 bridgehead atoms. The maximum absolute atomic E-state index is 12.8. The van der Waals surface area contributed by atoms with Gasteiger partial charge in [-0.25, -0.2) is 9.59 Å². The first-order valence-electron chi connectivity index (χ1n) is 11.5. The van der Waals surface area contributed by atoms with Gasteiger partial charge < -0.3 is 19.6 Å². The third-order valence-electron chi connectivity index (χ3n) is 5.51. The first kappa shape index (κ1) is 25.2. The number of carboxylic acid groups (broad SMARTS) is 1. The molecule has 9 nitrogen and oxygen atoms in total. The number of nitrogens with zero attached hydrogens (tertiary/aromatic N) is 2. The van der Waals surface area contributed by atoms with Gasteiger partial charge in [0.1, 0.15) is 6.61 Å². The molecule has 0 radical (unpaired) electrons. The second-order valence-electron chi connectivity index (χ2n) is 8.06. The number of aromatic nitrogens is 2. The van der Waals surface area contributed by atoms with E-state index in [9.17, 15) is 14.4 Å². The predicted octanol–water partition coefficient (Wildman–Crippen LogP) is 3.98.